The summed E-state index contributed by atoms with van der Waals surface area (Å²) in [6.07, 6.45) is 5.03. The van der Waals surface area contributed by atoms with E-state index in [2.05, 4.69) is 20.6 Å². The number of ether oxygens (including phenoxy) is 1. The van der Waals surface area contributed by atoms with Gasteiger partial charge in [0.15, 0.2) is 0 Å². The van der Waals surface area contributed by atoms with Gasteiger partial charge in [0.25, 0.3) is 5.91 Å². The van der Waals surface area contributed by atoms with Crippen molar-refractivity contribution in [3.8, 4) is 5.75 Å². The second-order valence-corrected chi connectivity index (χ2v) is 6.64. The van der Waals surface area contributed by atoms with Crippen molar-refractivity contribution in [2.24, 2.45) is 0 Å². The number of aromatic nitrogens is 2. The molecule has 1 aromatic heterocycles. The van der Waals surface area contributed by atoms with Crippen molar-refractivity contribution >= 4 is 42.1 Å². The van der Waals surface area contributed by atoms with E-state index in [1.165, 1.54) is 0 Å². The molecule has 1 saturated heterocycles. The molecule has 0 bridgehead atoms. The fourth-order valence-corrected chi connectivity index (χ4v) is 3.60. The van der Waals surface area contributed by atoms with Crippen molar-refractivity contribution in [1.29, 1.82) is 0 Å². The number of carbonyl (C=O) groups is 1. The van der Waals surface area contributed by atoms with E-state index in [-0.39, 0.29) is 30.7 Å². The van der Waals surface area contributed by atoms with Crippen molar-refractivity contribution in [3.63, 3.8) is 0 Å². The number of rotatable bonds is 3. The van der Waals surface area contributed by atoms with Crippen molar-refractivity contribution < 1.29 is 9.53 Å². The first-order valence-corrected chi connectivity index (χ1v) is 8.69. The van der Waals surface area contributed by atoms with Crippen molar-refractivity contribution in [1.82, 2.24) is 15.1 Å². The summed E-state index contributed by atoms with van der Waals surface area (Å²) < 4.78 is 7.47. The Labute approximate surface area is 171 Å². The first kappa shape index (κ1) is 21.3. The second-order valence-electron chi connectivity index (χ2n) is 6.64. The van der Waals surface area contributed by atoms with Crippen LogP contribution in [0.15, 0.2) is 36.7 Å². The minimum Gasteiger partial charge on any atom is -0.490 e. The van der Waals surface area contributed by atoms with E-state index in [1.807, 2.05) is 37.5 Å². The van der Waals surface area contributed by atoms with E-state index in [9.17, 15) is 4.79 Å². The smallest absolute Gasteiger partial charge is 0.252 e. The van der Waals surface area contributed by atoms with Gasteiger partial charge in [-0.25, -0.2) is 0 Å². The number of benzene rings is 1. The van der Waals surface area contributed by atoms with Crippen LogP contribution in [0.4, 0.5) is 11.4 Å². The Morgan fingerprint density at radius 1 is 1.30 bits per heavy atom. The van der Waals surface area contributed by atoms with Crippen LogP contribution in [0.3, 0.4) is 0 Å². The van der Waals surface area contributed by atoms with Gasteiger partial charge in [0, 0.05) is 25.1 Å². The number of nitrogens with zero attached hydrogens (tertiary/aromatic N) is 3. The standard InChI is InChI=1S/C18H23N5O2.2ClH/c1-22-11-12-25-16-4-3-14(13-15(16)22)21-17(24)18(5-8-19-9-6-18)23-10-2-7-20-23;;/h2-4,7,10,13,19H,5-6,8-9,11-12H2,1H3,(H,21,24);2*1H. The van der Waals surface area contributed by atoms with E-state index in [4.69, 9.17) is 4.74 Å². The van der Waals surface area contributed by atoms with Crippen molar-refractivity contribution in [3.05, 3.63) is 36.7 Å². The van der Waals surface area contributed by atoms with Crippen LogP contribution in [-0.2, 0) is 10.3 Å². The predicted molar refractivity (Wildman–Crippen MR) is 111 cm³/mol. The van der Waals surface area contributed by atoms with E-state index in [0.717, 1.165) is 36.8 Å². The molecule has 4 rings (SSSR count). The zero-order valence-electron chi connectivity index (χ0n) is 15.2. The number of amides is 1. The van der Waals surface area contributed by atoms with Crippen LogP contribution in [-0.4, -0.2) is 49.0 Å². The lowest BCUT2D eigenvalue weighted by Gasteiger charge is -2.36. The SMILES string of the molecule is CN1CCOc2ccc(NC(=O)C3(n4cccn4)CCNCC3)cc21.Cl.Cl. The molecule has 1 aromatic carbocycles. The van der Waals surface area contributed by atoms with Gasteiger partial charge in [-0.15, -0.1) is 24.8 Å². The minimum atomic E-state index is -0.646. The maximum absolute atomic E-state index is 13.2. The van der Waals surface area contributed by atoms with Gasteiger partial charge < -0.3 is 20.3 Å². The normalized spacial score (nSPS) is 17.6. The molecule has 7 nitrogen and oxygen atoms in total. The Balaban J connectivity index is 0.00000131. The van der Waals surface area contributed by atoms with Gasteiger partial charge >= 0.3 is 0 Å². The fraction of sp³-hybridized carbons (Fsp3) is 0.444. The van der Waals surface area contributed by atoms with Gasteiger partial charge in [0.1, 0.15) is 17.9 Å². The van der Waals surface area contributed by atoms with Crippen LogP contribution in [0.2, 0.25) is 0 Å². The molecule has 0 radical (unpaired) electrons. The molecule has 0 unspecified atom stereocenters. The Morgan fingerprint density at radius 2 is 2.07 bits per heavy atom. The molecule has 2 aliphatic heterocycles. The molecule has 1 amide bonds. The second kappa shape index (κ2) is 8.82. The average molecular weight is 414 g/mol. The van der Waals surface area contributed by atoms with E-state index >= 15 is 0 Å². The summed E-state index contributed by atoms with van der Waals surface area (Å²) >= 11 is 0. The monoisotopic (exact) mass is 413 g/mol. The Bertz CT molecular complexity index is 763. The summed E-state index contributed by atoms with van der Waals surface area (Å²) in [5.74, 6) is 0.840. The first-order chi connectivity index (χ1) is 12.2. The number of hydrogen-bond donors (Lipinski definition) is 2. The highest BCUT2D eigenvalue weighted by Gasteiger charge is 2.42. The zero-order chi connectivity index (χ0) is 17.3. The molecular formula is C18H25Cl2N5O2. The largest absolute Gasteiger partial charge is 0.490 e. The minimum absolute atomic E-state index is 0. The lowest BCUT2D eigenvalue weighted by molar-refractivity contribution is -0.126. The fourth-order valence-electron chi connectivity index (χ4n) is 3.60. The molecule has 148 valence electrons. The van der Waals surface area contributed by atoms with E-state index in [0.29, 0.717) is 19.4 Å². The summed E-state index contributed by atoms with van der Waals surface area (Å²) in [5.41, 5.74) is 1.14. The van der Waals surface area contributed by atoms with E-state index < -0.39 is 5.54 Å². The van der Waals surface area contributed by atoms with Gasteiger partial charge in [0.2, 0.25) is 0 Å². The number of carbonyl (C=O) groups excluding carboxylic acids is 1. The van der Waals surface area contributed by atoms with Crippen LogP contribution >= 0.6 is 24.8 Å². The van der Waals surface area contributed by atoms with E-state index in [1.54, 1.807) is 10.9 Å². The highest BCUT2D eigenvalue weighted by atomic mass is 35.5. The molecular weight excluding hydrogens is 389 g/mol. The maximum Gasteiger partial charge on any atom is 0.252 e. The summed E-state index contributed by atoms with van der Waals surface area (Å²) in [6, 6.07) is 7.66. The molecule has 0 atom stereocenters. The van der Waals surface area contributed by atoms with Crippen LogP contribution in [0, 0.1) is 0 Å². The third-order valence-corrected chi connectivity index (χ3v) is 5.11. The van der Waals surface area contributed by atoms with Crippen LogP contribution < -0.4 is 20.3 Å². The van der Waals surface area contributed by atoms with Gasteiger partial charge in [-0.3, -0.25) is 9.48 Å². The molecule has 1 fully saturated rings. The third-order valence-electron chi connectivity index (χ3n) is 5.11. The summed E-state index contributed by atoms with van der Waals surface area (Å²) in [7, 11) is 2.03. The molecule has 2 aliphatic rings. The third kappa shape index (κ3) is 4.00. The predicted octanol–water partition coefficient (Wildman–Crippen LogP) is 2.27. The first-order valence-electron chi connectivity index (χ1n) is 8.69. The number of anilines is 2. The van der Waals surface area contributed by atoms with Gasteiger partial charge in [-0.2, -0.15) is 5.10 Å². The molecule has 2 aromatic rings. The quantitative estimate of drug-likeness (QED) is 0.807. The Hall–Kier alpha value is -1.96. The van der Waals surface area contributed by atoms with Crippen LogP contribution in [0.5, 0.6) is 5.75 Å². The topological polar surface area (TPSA) is 71.4 Å². The number of fused-ring (bicyclic) bond motifs is 1. The van der Waals surface area contributed by atoms with Crippen LogP contribution in [0.1, 0.15) is 12.8 Å². The average Bonchev–Trinajstić information content (AvgIpc) is 3.18. The van der Waals surface area contributed by atoms with Crippen LogP contribution in [0.25, 0.3) is 0 Å². The van der Waals surface area contributed by atoms with Gasteiger partial charge in [-0.05, 0) is 50.2 Å². The van der Waals surface area contributed by atoms with Gasteiger partial charge in [0.05, 0.1) is 12.2 Å². The molecule has 0 spiro atoms. The number of hydrogen-bond acceptors (Lipinski definition) is 5. The van der Waals surface area contributed by atoms with Crippen molar-refractivity contribution in [2.45, 2.75) is 18.4 Å². The number of nitrogens with one attached hydrogen (secondary N) is 2. The highest BCUT2D eigenvalue weighted by molar-refractivity contribution is 5.97. The number of likely N-dealkylation sites (N-methyl/N-ethyl adjacent to an activating group) is 1. The summed E-state index contributed by atoms with van der Waals surface area (Å²) in [4.78, 5) is 15.3. The molecule has 0 saturated carbocycles. The summed E-state index contributed by atoms with van der Waals surface area (Å²) in [5, 5.41) is 10.8. The molecule has 2 N–H and O–H groups in total. The number of piperidine rings is 1. The molecule has 3 heterocycles. The Morgan fingerprint density at radius 3 is 2.78 bits per heavy atom. The van der Waals surface area contributed by atoms with Gasteiger partial charge in [-0.1, -0.05) is 0 Å². The number of halogens is 2. The maximum atomic E-state index is 13.2. The van der Waals surface area contributed by atoms with Crippen molar-refractivity contribution in [2.75, 3.05) is 43.5 Å². The Kier molecular flexibility index (Phi) is 6.97. The molecule has 27 heavy (non-hydrogen) atoms. The summed E-state index contributed by atoms with van der Waals surface area (Å²) in [6.45, 7) is 3.13. The lowest BCUT2D eigenvalue weighted by atomic mass is 9.87. The highest BCUT2D eigenvalue weighted by Crippen LogP contribution is 2.34. The lowest BCUT2D eigenvalue weighted by Crippen LogP contribution is -2.52. The molecule has 9 heteroatoms. The molecule has 0 aliphatic carbocycles. The zero-order valence-corrected chi connectivity index (χ0v) is 16.8.